The molecule has 108 valence electrons. The topological polar surface area (TPSA) is 107 Å². The molecule has 8 heteroatoms. The number of hydrogen-bond acceptors (Lipinski definition) is 8. The van der Waals surface area contributed by atoms with Gasteiger partial charge in [-0.1, -0.05) is 0 Å². The number of nitriles is 1. The van der Waals surface area contributed by atoms with Crippen molar-refractivity contribution in [2.75, 3.05) is 35.4 Å². The highest BCUT2D eigenvalue weighted by Gasteiger charge is 2.20. The summed E-state index contributed by atoms with van der Waals surface area (Å²) in [7, 11) is 1.87. The van der Waals surface area contributed by atoms with E-state index in [-0.39, 0.29) is 6.04 Å². The second-order valence-electron chi connectivity index (χ2n) is 4.92. The fourth-order valence-electron chi connectivity index (χ4n) is 2.10. The number of nitrogens with zero attached hydrogens (tertiary/aromatic N) is 6. The summed E-state index contributed by atoms with van der Waals surface area (Å²) in [5.74, 6) is 6.93. The van der Waals surface area contributed by atoms with Crippen LogP contribution in [0.2, 0.25) is 0 Å². The van der Waals surface area contributed by atoms with E-state index in [0.29, 0.717) is 24.3 Å². The number of nitrogens with two attached hydrogens (primary N) is 1. The molecule has 0 amide bonds. The molecule has 1 fully saturated rings. The third-order valence-corrected chi connectivity index (χ3v) is 3.49. The molecule has 0 aliphatic carbocycles. The minimum Gasteiger partial charge on any atom is -0.341 e. The molecule has 1 atom stereocenters. The lowest BCUT2D eigenvalue weighted by Gasteiger charge is -2.24. The summed E-state index contributed by atoms with van der Waals surface area (Å²) in [5, 5.41) is 8.79. The van der Waals surface area contributed by atoms with Gasteiger partial charge in [-0.15, -0.1) is 0 Å². The van der Waals surface area contributed by atoms with Crippen molar-refractivity contribution < 1.29 is 0 Å². The molecule has 0 radical (unpaired) electrons. The predicted molar refractivity (Wildman–Crippen MR) is 77.2 cm³/mol. The SMILES string of the molecule is CC(CC#N)N(C)c1nc(NN)nc(N2CCCC2)n1. The molecule has 3 N–H and O–H groups in total. The highest BCUT2D eigenvalue weighted by atomic mass is 15.4. The zero-order chi connectivity index (χ0) is 14.5. The van der Waals surface area contributed by atoms with Crippen molar-refractivity contribution in [1.29, 1.82) is 5.26 Å². The van der Waals surface area contributed by atoms with Crippen molar-refractivity contribution >= 4 is 17.8 Å². The number of anilines is 3. The maximum Gasteiger partial charge on any atom is 0.243 e. The van der Waals surface area contributed by atoms with Crippen molar-refractivity contribution in [3.05, 3.63) is 0 Å². The maximum atomic E-state index is 8.79. The molecule has 0 bridgehead atoms. The molecule has 1 aliphatic rings. The highest BCUT2D eigenvalue weighted by molar-refractivity contribution is 5.45. The fraction of sp³-hybridized carbons (Fsp3) is 0.667. The third kappa shape index (κ3) is 3.05. The van der Waals surface area contributed by atoms with Gasteiger partial charge in [0.05, 0.1) is 12.5 Å². The quantitative estimate of drug-likeness (QED) is 0.591. The first-order chi connectivity index (χ1) is 9.65. The van der Waals surface area contributed by atoms with Crippen LogP contribution in [0.4, 0.5) is 17.8 Å². The Balaban J connectivity index is 2.27. The lowest BCUT2D eigenvalue weighted by atomic mass is 10.2. The van der Waals surface area contributed by atoms with Gasteiger partial charge in [0.15, 0.2) is 0 Å². The van der Waals surface area contributed by atoms with Crippen LogP contribution in [0.25, 0.3) is 0 Å². The highest BCUT2D eigenvalue weighted by Crippen LogP contribution is 2.20. The summed E-state index contributed by atoms with van der Waals surface area (Å²) in [5.41, 5.74) is 2.48. The Morgan fingerprint density at radius 3 is 2.70 bits per heavy atom. The zero-order valence-electron chi connectivity index (χ0n) is 11.9. The molecule has 2 heterocycles. The Kier molecular flexibility index (Phi) is 4.53. The Hall–Kier alpha value is -2.14. The minimum absolute atomic E-state index is 0.0273. The predicted octanol–water partition coefficient (Wildman–Crippen LogP) is 0.496. The molecule has 1 aromatic rings. The first-order valence-corrected chi connectivity index (χ1v) is 6.73. The number of rotatable bonds is 5. The Labute approximate surface area is 118 Å². The summed E-state index contributed by atoms with van der Waals surface area (Å²) in [6.45, 7) is 3.86. The van der Waals surface area contributed by atoms with E-state index in [0.717, 1.165) is 25.9 Å². The standard InChI is InChI=1S/C12H20N8/c1-9(5-6-13)19(2)11-15-10(18-14)16-12(17-11)20-7-3-4-8-20/h9H,3-5,7-8,14H2,1-2H3,(H,15,16,17,18). The van der Waals surface area contributed by atoms with Crippen molar-refractivity contribution in [2.45, 2.75) is 32.2 Å². The molecule has 0 saturated carbocycles. The Morgan fingerprint density at radius 2 is 2.10 bits per heavy atom. The Bertz CT molecular complexity index is 491. The average molecular weight is 276 g/mol. The van der Waals surface area contributed by atoms with Gasteiger partial charge >= 0.3 is 0 Å². The summed E-state index contributed by atoms with van der Waals surface area (Å²) in [6, 6.07) is 2.18. The molecule has 2 rings (SSSR count). The van der Waals surface area contributed by atoms with Gasteiger partial charge < -0.3 is 9.80 Å². The molecule has 1 saturated heterocycles. The number of hydrazine groups is 1. The summed E-state index contributed by atoms with van der Waals surface area (Å²) < 4.78 is 0. The van der Waals surface area contributed by atoms with E-state index in [2.05, 4.69) is 31.3 Å². The summed E-state index contributed by atoms with van der Waals surface area (Å²) in [4.78, 5) is 17.0. The number of nitrogen functional groups attached to an aromatic ring is 1. The van der Waals surface area contributed by atoms with E-state index in [1.807, 2.05) is 18.9 Å². The average Bonchev–Trinajstić information content (AvgIpc) is 3.00. The number of hydrogen-bond donors (Lipinski definition) is 2. The van der Waals surface area contributed by atoms with Crippen molar-refractivity contribution in [3.63, 3.8) is 0 Å². The van der Waals surface area contributed by atoms with Crippen LogP contribution in [0, 0.1) is 11.3 Å². The lowest BCUT2D eigenvalue weighted by Crippen LogP contribution is -2.32. The van der Waals surface area contributed by atoms with Crippen molar-refractivity contribution in [1.82, 2.24) is 15.0 Å². The summed E-state index contributed by atoms with van der Waals surface area (Å²) in [6.07, 6.45) is 2.70. The normalized spacial score (nSPS) is 15.8. The smallest absolute Gasteiger partial charge is 0.243 e. The molecule has 1 aliphatic heterocycles. The van der Waals surface area contributed by atoms with Crippen LogP contribution in [0.15, 0.2) is 0 Å². The van der Waals surface area contributed by atoms with E-state index >= 15 is 0 Å². The van der Waals surface area contributed by atoms with Gasteiger partial charge in [0.2, 0.25) is 17.8 Å². The fourth-order valence-corrected chi connectivity index (χ4v) is 2.10. The van der Waals surface area contributed by atoms with Crippen LogP contribution in [0.3, 0.4) is 0 Å². The van der Waals surface area contributed by atoms with E-state index in [1.54, 1.807) is 0 Å². The molecular weight excluding hydrogens is 256 g/mol. The first-order valence-electron chi connectivity index (χ1n) is 6.73. The van der Waals surface area contributed by atoms with Crippen molar-refractivity contribution in [3.8, 4) is 6.07 Å². The van der Waals surface area contributed by atoms with Gasteiger partial charge in [-0.3, -0.25) is 5.43 Å². The Morgan fingerprint density at radius 1 is 1.40 bits per heavy atom. The third-order valence-electron chi connectivity index (χ3n) is 3.49. The van der Waals surface area contributed by atoms with Gasteiger partial charge in [0.25, 0.3) is 0 Å². The van der Waals surface area contributed by atoms with Gasteiger partial charge in [0.1, 0.15) is 0 Å². The van der Waals surface area contributed by atoms with Gasteiger partial charge in [-0.25, -0.2) is 5.84 Å². The van der Waals surface area contributed by atoms with Crippen LogP contribution in [-0.2, 0) is 0 Å². The molecular formula is C12H20N8. The minimum atomic E-state index is 0.0273. The second kappa shape index (κ2) is 6.34. The van der Waals surface area contributed by atoms with Crippen LogP contribution < -0.4 is 21.1 Å². The van der Waals surface area contributed by atoms with Crippen LogP contribution >= 0.6 is 0 Å². The molecule has 0 spiro atoms. The van der Waals surface area contributed by atoms with Gasteiger partial charge in [-0.2, -0.15) is 20.2 Å². The molecule has 1 unspecified atom stereocenters. The van der Waals surface area contributed by atoms with E-state index < -0.39 is 0 Å². The van der Waals surface area contributed by atoms with Crippen LogP contribution in [0.1, 0.15) is 26.2 Å². The van der Waals surface area contributed by atoms with Gasteiger partial charge in [-0.05, 0) is 19.8 Å². The monoisotopic (exact) mass is 276 g/mol. The summed E-state index contributed by atoms with van der Waals surface area (Å²) >= 11 is 0. The molecule has 1 aromatic heterocycles. The lowest BCUT2D eigenvalue weighted by molar-refractivity contribution is 0.679. The second-order valence-corrected chi connectivity index (χ2v) is 4.92. The van der Waals surface area contributed by atoms with Crippen molar-refractivity contribution in [2.24, 2.45) is 5.84 Å². The molecule has 0 aromatic carbocycles. The van der Waals surface area contributed by atoms with Crippen LogP contribution in [0.5, 0.6) is 0 Å². The molecule has 8 nitrogen and oxygen atoms in total. The van der Waals surface area contributed by atoms with Gasteiger partial charge in [0, 0.05) is 26.2 Å². The molecule has 20 heavy (non-hydrogen) atoms. The van der Waals surface area contributed by atoms with E-state index in [1.165, 1.54) is 0 Å². The maximum absolute atomic E-state index is 8.79. The van der Waals surface area contributed by atoms with E-state index in [4.69, 9.17) is 11.1 Å². The largest absolute Gasteiger partial charge is 0.341 e. The number of nitrogens with one attached hydrogen (secondary N) is 1. The number of aromatic nitrogens is 3. The zero-order valence-corrected chi connectivity index (χ0v) is 11.9. The first kappa shape index (κ1) is 14.3. The van der Waals surface area contributed by atoms with E-state index in [9.17, 15) is 0 Å². The van der Waals surface area contributed by atoms with Crippen LogP contribution in [-0.4, -0.2) is 41.1 Å².